The molecule has 0 aromatic carbocycles. The lowest BCUT2D eigenvalue weighted by atomic mass is 10.5. The van der Waals surface area contributed by atoms with Crippen molar-refractivity contribution >= 4 is 5.82 Å². The van der Waals surface area contributed by atoms with Gasteiger partial charge in [-0.3, -0.25) is 0 Å². The first kappa shape index (κ1) is 10.2. The minimum Gasteiger partial charge on any atom is -0.373 e. The van der Waals surface area contributed by atoms with Crippen molar-refractivity contribution in [2.75, 3.05) is 12.4 Å². The summed E-state index contributed by atoms with van der Waals surface area (Å²) < 4.78 is 1.89. The minimum atomic E-state index is 0.910. The summed E-state index contributed by atoms with van der Waals surface area (Å²) in [5.41, 5.74) is 0. The first-order chi connectivity index (χ1) is 6.83. The summed E-state index contributed by atoms with van der Waals surface area (Å²) in [5.74, 6) is 0.910. The van der Waals surface area contributed by atoms with Crippen molar-refractivity contribution in [1.82, 2.24) is 14.5 Å². The van der Waals surface area contributed by atoms with E-state index in [9.17, 15) is 0 Å². The Morgan fingerprint density at radius 3 is 2.43 bits per heavy atom. The molecular formula is C10H14N4. The molecule has 14 heavy (non-hydrogen) atoms. The lowest BCUT2D eigenvalue weighted by Crippen LogP contribution is -1.88. The van der Waals surface area contributed by atoms with E-state index in [1.165, 1.54) is 0 Å². The van der Waals surface area contributed by atoms with Crippen molar-refractivity contribution in [1.29, 1.82) is 0 Å². The molecule has 0 aliphatic rings. The average Bonchev–Trinajstić information content (AvgIpc) is 2.71. The predicted octanol–water partition coefficient (Wildman–Crippen LogP) is 1.54. The van der Waals surface area contributed by atoms with Crippen LogP contribution in [0.2, 0.25) is 0 Å². The van der Waals surface area contributed by atoms with Gasteiger partial charge in [-0.1, -0.05) is 6.07 Å². The maximum absolute atomic E-state index is 3.99. The summed E-state index contributed by atoms with van der Waals surface area (Å²) in [7, 11) is 3.79. The van der Waals surface area contributed by atoms with E-state index in [4.69, 9.17) is 0 Å². The molecule has 1 N–H and O–H groups in total. The highest BCUT2D eigenvalue weighted by molar-refractivity contribution is 5.31. The van der Waals surface area contributed by atoms with Gasteiger partial charge in [-0.05, 0) is 12.1 Å². The van der Waals surface area contributed by atoms with Gasteiger partial charge < -0.3 is 9.88 Å². The fraction of sp³-hybridized carbons (Fsp3) is 0.200. The Balaban J connectivity index is 0.000000146. The van der Waals surface area contributed by atoms with Gasteiger partial charge in [-0.25, -0.2) is 9.97 Å². The molecule has 0 unspecified atom stereocenters. The number of rotatable bonds is 1. The molecule has 0 aliphatic heterocycles. The van der Waals surface area contributed by atoms with Gasteiger partial charge in [-0.15, -0.1) is 0 Å². The Kier molecular flexibility index (Phi) is 4.20. The highest BCUT2D eigenvalue weighted by Gasteiger charge is 1.79. The second kappa shape index (κ2) is 5.75. The van der Waals surface area contributed by atoms with Gasteiger partial charge in [0.1, 0.15) is 5.82 Å². The Morgan fingerprint density at radius 1 is 1.29 bits per heavy atom. The van der Waals surface area contributed by atoms with Crippen LogP contribution in [0.25, 0.3) is 0 Å². The van der Waals surface area contributed by atoms with E-state index in [1.54, 1.807) is 18.7 Å². The molecule has 0 saturated heterocycles. The molecule has 0 atom stereocenters. The van der Waals surface area contributed by atoms with Gasteiger partial charge in [0.05, 0.1) is 6.33 Å². The highest BCUT2D eigenvalue weighted by Crippen LogP contribution is 1.95. The van der Waals surface area contributed by atoms with Crippen molar-refractivity contribution in [3.05, 3.63) is 43.1 Å². The van der Waals surface area contributed by atoms with Crippen molar-refractivity contribution in [2.45, 2.75) is 0 Å². The van der Waals surface area contributed by atoms with Crippen molar-refractivity contribution in [2.24, 2.45) is 7.05 Å². The standard InChI is InChI=1S/C6H8N2.C4H6N2/c1-7-6-4-2-3-5-8-6;1-6-3-2-5-4-6/h2-5H,1H3,(H,7,8);2-4H,1H3. The maximum atomic E-state index is 3.99. The summed E-state index contributed by atoms with van der Waals surface area (Å²) in [6, 6.07) is 5.75. The van der Waals surface area contributed by atoms with Crippen molar-refractivity contribution < 1.29 is 0 Å². The molecule has 74 valence electrons. The minimum absolute atomic E-state index is 0.910. The summed E-state index contributed by atoms with van der Waals surface area (Å²) in [6.45, 7) is 0. The molecule has 2 aromatic rings. The van der Waals surface area contributed by atoms with Crippen LogP contribution < -0.4 is 5.32 Å². The zero-order chi connectivity index (χ0) is 10.2. The van der Waals surface area contributed by atoms with Crippen molar-refractivity contribution in [3.8, 4) is 0 Å². The normalized spacial score (nSPS) is 8.71. The van der Waals surface area contributed by atoms with E-state index in [-0.39, 0.29) is 0 Å². The monoisotopic (exact) mass is 190 g/mol. The molecule has 2 heterocycles. The van der Waals surface area contributed by atoms with Crippen LogP contribution in [0, 0.1) is 0 Å². The lowest BCUT2D eigenvalue weighted by molar-refractivity contribution is 0.913. The zero-order valence-electron chi connectivity index (χ0n) is 8.38. The summed E-state index contributed by atoms with van der Waals surface area (Å²) in [4.78, 5) is 7.77. The number of anilines is 1. The second-order valence-corrected chi connectivity index (χ2v) is 2.69. The van der Waals surface area contributed by atoms with E-state index in [0.29, 0.717) is 0 Å². The van der Waals surface area contributed by atoms with E-state index in [0.717, 1.165) is 5.82 Å². The van der Waals surface area contributed by atoms with Gasteiger partial charge in [-0.2, -0.15) is 0 Å². The molecule has 0 fully saturated rings. The van der Waals surface area contributed by atoms with Crippen LogP contribution in [0.15, 0.2) is 43.1 Å². The number of pyridine rings is 1. The van der Waals surface area contributed by atoms with Gasteiger partial charge in [0.15, 0.2) is 0 Å². The highest BCUT2D eigenvalue weighted by atomic mass is 15.0. The second-order valence-electron chi connectivity index (χ2n) is 2.69. The fourth-order valence-corrected chi connectivity index (χ4v) is 0.836. The smallest absolute Gasteiger partial charge is 0.125 e. The molecule has 2 rings (SSSR count). The molecule has 0 saturated carbocycles. The Hall–Kier alpha value is -1.84. The van der Waals surface area contributed by atoms with Crippen LogP contribution in [0.4, 0.5) is 5.82 Å². The first-order valence-electron chi connectivity index (χ1n) is 4.33. The van der Waals surface area contributed by atoms with Crippen LogP contribution >= 0.6 is 0 Å². The summed E-state index contributed by atoms with van der Waals surface area (Å²) >= 11 is 0. The molecule has 0 spiro atoms. The topological polar surface area (TPSA) is 42.7 Å². The van der Waals surface area contributed by atoms with Crippen LogP contribution in [0.1, 0.15) is 0 Å². The Bertz CT molecular complexity index is 328. The van der Waals surface area contributed by atoms with E-state index < -0.39 is 0 Å². The molecule has 0 aliphatic carbocycles. The van der Waals surface area contributed by atoms with Crippen LogP contribution in [-0.4, -0.2) is 21.6 Å². The molecule has 2 aromatic heterocycles. The summed E-state index contributed by atoms with van der Waals surface area (Å²) in [6.07, 6.45) is 7.14. The first-order valence-corrected chi connectivity index (χ1v) is 4.33. The molecule has 0 radical (unpaired) electrons. The van der Waals surface area contributed by atoms with Crippen molar-refractivity contribution in [3.63, 3.8) is 0 Å². The van der Waals surface area contributed by atoms with Crippen LogP contribution in [0.3, 0.4) is 0 Å². The molecular weight excluding hydrogens is 176 g/mol. The molecule has 4 nitrogen and oxygen atoms in total. The van der Waals surface area contributed by atoms with E-state index in [1.807, 2.05) is 43.1 Å². The third-order valence-electron chi connectivity index (χ3n) is 1.56. The Morgan fingerprint density at radius 2 is 2.14 bits per heavy atom. The SMILES string of the molecule is CNc1ccccn1.Cn1ccnc1. The third kappa shape index (κ3) is 3.71. The molecule has 0 amide bonds. The number of hydrogen-bond donors (Lipinski definition) is 1. The molecule has 4 heteroatoms. The third-order valence-corrected chi connectivity index (χ3v) is 1.56. The lowest BCUT2D eigenvalue weighted by Gasteiger charge is -1.92. The fourth-order valence-electron chi connectivity index (χ4n) is 0.836. The van der Waals surface area contributed by atoms with Crippen LogP contribution in [0.5, 0.6) is 0 Å². The number of hydrogen-bond acceptors (Lipinski definition) is 3. The largest absolute Gasteiger partial charge is 0.373 e. The number of imidazole rings is 1. The van der Waals surface area contributed by atoms with Gasteiger partial charge >= 0.3 is 0 Å². The van der Waals surface area contributed by atoms with E-state index in [2.05, 4.69) is 15.3 Å². The maximum Gasteiger partial charge on any atom is 0.125 e. The number of aryl methyl sites for hydroxylation is 1. The quantitative estimate of drug-likeness (QED) is 0.741. The van der Waals surface area contributed by atoms with Gasteiger partial charge in [0.25, 0.3) is 0 Å². The number of nitrogens with zero attached hydrogens (tertiary/aromatic N) is 3. The van der Waals surface area contributed by atoms with Gasteiger partial charge in [0.2, 0.25) is 0 Å². The molecule has 0 bridgehead atoms. The average molecular weight is 190 g/mol. The predicted molar refractivity (Wildman–Crippen MR) is 57.0 cm³/mol. The number of aromatic nitrogens is 3. The van der Waals surface area contributed by atoms with Crippen LogP contribution in [-0.2, 0) is 7.05 Å². The number of nitrogens with one attached hydrogen (secondary N) is 1. The van der Waals surface area contributed by atoms with E-state index >= 15 is 0 Å². The van der Waals surface area contributed by atoms with Gasteiger partial charge in [0, 0.05) is 32.7 Å². The summed E-state index contributed by atoms with van der Waals surface area (Å²) in [5, 5.41) is 2.92. The Labute approximate surface area is 83.6 Å². The zero-order valence-corrected chi connectivity index (χ0v) is 8.38.